The molecule has 9 nitrogen and oxygen atoms in total. The zero-order chi connectivity index (χ0) is 23.5. The second kappa shape index (κ2) is 7.42. The van der Waals surface area contributed by atoms with Crippen LogP contribution in [0.25, 0.3) is 10.2 Å². The molecule has 5 rings (SSSR count). The maximum atomic E-state index is 13.2. The molecule has 1 amide bonds. The lowest BCUT2D eigenvalue weighted by Crippen LogP contribution is -2.30. The highest BCUT2D eigenvalue weighted by atomic mass is 32.2. The van der Waals surface area contributed by atoms with Crippen LogP contribution in [0.3, 0.4) is 0 Å². The molecule has 0 saturated carbocycles. The van der Waals surface area contributed by atoms with E-state index in [1.54, 1.807) is 25.1 Å². The minimum Gasteiger partial charge on any atom is -0.503 e. The molecule has 1 aromatic carbocycles. The van der Waals surface area contributed by atoms with Crippen molar-refractivity contribution in [1.82, 2.24) is 4.98 Å². The fraction of sp³-hybridized carbons (Fsp3) is 0.136. The Morgan fingerprint density at radius 3 is 2.64 bits per heavy atom. The molecule has 0 bridgehead atoms. The second-order valence-corrected chi connectivity index (χ2v) is 10.6. The Bertz CT molecular complexity index is 1560. The molecule has 1 aliphatic rings. The average molecular weight is 485 g/mol. The SMILES string of the molecule is Cc1ccc(C(=O)C2=C(O)C(=O)N(c3nc4ccc(S(C)(=O)=O)cc4s3)C2c2ccoc2)o1. The molecular formula is C22H16N2O7S2. The Hall–Kier alpha value is -3.70. The van der Waals surface area contributed by atoms with Gasteiger partial charge in [0.25, 0.3) is 5.91 Å². The standard InChI is InChI=1S/C22H16N2O7S2/c1-11-3-6-15(31-11)19(25)17-18(12-7-8-30-10-12)24(21(27)20(17)26)22-23-14-5-4-13(33(2,28)29)9-16(14)32-22/h3-10,18,26H,1-2H3. The number of benzene rings is 1. The van der Waals surface area contributed by atoms with E-state index < -0.39 is 33.3 Å². The molecule has 168 valence electrons. The Balaban J connectivity index is 1.64. The molecule has 33 heavy (non-hydrogen) atoms. The highest BCUT2D eigenvalue weighted by molar-refractivity contribution is 7.90. The average Bonchev–Trinajstić information content (AvgIpc) is 3.53. The van der Waals surface area contributed by atoms with Crippen LogP contribution in [0.4, 0.5) is 5.13 Å². The molecule has 0 radical (unpaired) electrons. The second-order valence-electron chi connectivity index (χ2n) is 7.53. The number of ketones is 1. The van der Waals surface area contributed by atoms with Crippen molar-refractivity contribution in [3.63, 3.8) is 0 Å². The van der Waals surface area contributed by atoms with Crippen LogP contribution in [0.5, 0.6) is 0 Å². The summed E-state index contributed by atoms with van der Waals surface area (Å²) < 4.78 is 35.0. The number of furan rings is 2. The maximum absolute atomic E-state index is 13.2. The van der Waals surface area contributed by atoms with Gasteiger partial charge in [0.1, 0.15) is 11.8 Å². The molecular weight excluding hydrogens is 468 g/mol. The van der Waals surface area contributed by atoms with Crippen molar-refractivity contribution in [2.45, 2.75) is 17.9 Å². The van der Waals surface area contributed by atoms with Gasteiger partial charge < -0.3 is 13.9 Å². The van der Waals surface area contributed by atoms with Crippen molar-refractivity contribution in [3.05, 3.63) is 77.3 Å². The summed E-state index contributed by atoms with van der Waals surface area (Å²) in [6.07, 6.45) is 3.87. The topological polar surface area (TPSA) is 131 Å². The van der Waals surface area contributed by atoms with Crippen LogP contribution in [0.1, 0.15) is 27.9 Å². The molecule has 0 fully saturated rings. The number of fused-ring (bicyclic) bond motifs is 1. The van der Waals surface area contributed by atoms with Crippen LogP contribution < -0.4 is 4.90 Å². The first-order valence-corrected chi connectivity index (χ1v) is 12.4. The lowest BCUT2D eigenvalue weighted by molar-refractivity contribution is -0.117. The molecule has 1 unspecified atom stereocenters. The molecule has 1 N–H and O–H groups in total. The van der Waals surface area contributed by atoms with E-state index >= 15 is 0 Å². The Kier molecular flexibility index (Phi) is 4.76. The Morgan fingerprint density at radius 1 is 1.21 bits per heavy atom. The lowest BCUT2D eigenvalue weighted by atomic mass is 9.97. The third-order valence-electron chi connectivity index (χ3n) is 5.26. The van der Waals surface area contributed by atoms with Crippen molar-refractivity contribution in [1.29, 1.82) is 0 Å². The van der Waals surface area contributed by atoms with Gasteiger partial charge in [-0.05, 0) is 43.3 Å². The smallest absolute Gasteiger partial charge is 0.296 e. The number of nitrogens with zero attached hydrogens (tertiary/aromatic N) is 2. The van der Waals surface area contributed by atoms with Crippen LogP contribution in [0, 0.1) is 6.92 Å². The minimum absolute atomic E-state index is 0.0145. The van der Waals surface area contributed by atoms with Gasteiger partial charge in [0.05, 0.1) is 33.2 Å². The number of carbonyl (C=O) groups is 2. The van der Waals surface area contributed by atoms with Gasteiger partial charge in [-0.1, -0.05) is 11.3 Å². The molecule has 3 aromatic heterocycles. The van der Waals surface area contributed by atoms with E-state index in [0.717, 1.165) is 17.6 Å². The lowest BCUT2D eigenvalue weighted by Gasteiger charge is -2.22. The highest BCUT2D eigenvalue weighted by Crippen LogP contribution is 2.44. The van der Waals surface area contributed by atoms with E-state index in [4.69, 9.17) is 8.83 Å². The largest absolute Gasteiger partial charge is 0.503 e. The Labute approximate surface area is 191 Å². The van der Waals surface area contributed by atoms with Crippen LogP contribution in [0.15, 0.2) is 74.0 Å². The molecule has 0 aliphatic carbocycles. The summed E-state index contributed by atoms with van der Waals surface area (Å²) >= 11 is 1.07. The quantitative estimate of drug-likeness (QED) is 0.421. The van der Waals surface area contributed by atoms with E-state index in [-0.39, 0.29) is 21.4 Å². The summed E-state index contributed by atoms with van der Waals surface area (Å²) in [5, 5.41) is 10.9. The number of rotatable bonds is 5. The van der Waals surface area contributed by atoms with Gasteiger partial charge in [-0.2, -0.15) is 0 Å². The number of aromatic nitrogens is 1. The van der Waals surface area contributed by atoms with Gasteiger partial charge in [0.2, 0.25) is 5.78 Å². The van der Waals surface area contributed by atoms with Crippen molar-refractivity contribution in [3.8, 4) is 0 Å². The number of hydrogen-bond donors (Lipinski definition) is 1. The van der Waals surface area contributed by atoms with E-state index in [9.17, 15) is 23.1 Å². The van der Waals surface area contributed by atoms with E-state index in [1.165, 1.54) is 35.6 Å². The molecule has 0 spiro atoms. The zero-order valence-electron chi connectivity index (χ0n) is 17.3. The normalized spacial score (nSPS) is 16.8. The first-order chi connectivity index (χ1) is 15.6. The minimum atomic E-state index is -3.44. The zero-order valence-corrected chi connectivity index (χ0v) is 18.9. The molecule has 4 aromatic rings. The van der Waals surface area contributed by atoms with Gasteiger partial charge in [0.15, 0.2) is 26.5 Å². The molecule has 1 atom stereocenters. The van der Waals surface area contributed by atoms with Crippen molar-refractivity contribution >= 4 is 48.2 Å². The summed E-state index contributed by atoms with van der Waals surface area (Å²) in [6, 6.07) is 8.11. The number of Topliss-reactive ketones (excluding diaryl/α,β-unsaturated/α-hetero) is 1. The van der Waals surface area contributed by atoms with E-state index in [1.807, 2.05) is 0 Å². The van der Waals surface area contributed by atoms with E-state index in [0.29, 0.717) is 21.5 Å². The van der Waals surface area contributed by atoms with Crippen LogP contribution in [0.2, 0.25) is 0 Å². The number of thiazole rings is 1. The van der Waals surface area contributed by atoms with Crippen LogP contribution in [-0.4, -0.2) is 36.5 Å². The number of carbonyl (C=O) groups excluding carboxylic acids is 2. The summed E-state index contributed by atoms with van der Waals surface area (Å²) in [5.74, 6) is -1.67. The van der Waals surface area contributed by atoms with Crippen molar-refractivity contribution in [2.75, 3.05) is 11.2 Å². The first kappa shape index (κ1) is 21.2. The monoisotopic (exact) mass is 484 g/mol. The summed E-state index contributed by atoms with van der Waals surface area (Å²) in [6.45, 7) is 1.68. The summed E-state index contributed by atoms with van der Waals surface area (Å²) in [7, 11) is -3.44. The first-order valence-electron chi connectivity index (χ1n) is 9.65. The summed E-state index contributed by atoms with van der Waals surface area (Å²) in [4.78, 5) is 32.1. The summed E-state index contributed by atoms with van der Waals surface area (Å²) in [5.41, 5.74) is 0.768. The number of sulfone groups is 1. The van der Waals surface area contributed by atoms with Crippen molar-refractivity contribution < 1.29 is 31.9 Å². The van der Waals surface area contributed by atoms with Gasteiger partial charge in [-0.3, -0.25) is 14.5 Å². The number of aliphatic hydroxyl groups excluding tert-OH is 1. The maximum Gasteiger partial charge on any atom is 0.296 e. The third-order valence-corrected chi connectivity index (χ3v) is 7.39. The van der Waals surface area contributed by atoms with Crippen LogP contribution >= 0.6 is 11.3 Å². The molecule has 4 heterocycles. The fourth-order valence-corrected chi connectivity index (χ4v) is 5.45. The Morgan fingerprint density at radius 2 is 2.00 bits per heavy atom. The van der Waals surface area contributed by atoms with Crippen molar-refractivity contribution in [2.24, 2.45) is 0 Å². The number of hydrogen-bond acceptors (Lipinski definition) is 9. The van der Waals surface area contributed by atoms with Gasteiger partial charge in [-0.15, -0.1) is 0 Å². The number of aliphatic hydroxyl groups is 1. The molecule has 1 aliphatic heterocycles. The highest BCUT2D eigenvalue weighted by Gasteiger charge is 2.47. The van der Waals surface area contributed by atoms with Gasteiger partial charge in [-0.25, -0.2) is 13.4 Å². The number of anilines is 1. The predicted molar refractivity (Wildman–Crippen MR) is 119 cm³/mol. The molecule has 11 heteroatoms. The van der Waals surface area contributed by atoms with Gasteiger partial charge in [0, 0.05) is 11.8 Å². The number of amides is 1. The third kappa shape index (κ3) is 3.45. The van der Waals surface area contributed by atoms with Gasteiger partial charge >= 0.3 is 0 Å². The van der Waals surface area contributed by atoms with E-state index in [2.05, 4.69) is 4.98 Å². The molecule has 0 saturated heterocycles. The number of aryl methyl sites for hydroxylation is 1. The fourth-order valence-electron chi connectivity index (χ4n) is 3.70. The van der Waals surface area contributed by atoms with Crippen LogP contribution in [-0.2, 0) is 14.6 Å². The predicted octanol–water partition coefficient (Wildman–Crippen LogP) is 3.98.